The molecule has 236 valence electrons. The topological polar surface area (TPSA) is 96.0 Å². The van der Waals surface area contributed by atoms with Gasteiger partial charge >= 0.3 is 0 Å². The van der Waals surface area contributed by atoms with E-state index in [0.29, 0.717) is 24.3 Å². The predicted octanol–water partition coefficient (Wildman–Crippen LogP) is 5.85. The number of halogens is 2. The number of hydrogen-bond donors (Lipinski definition) is 1. The van der Waals surface area contributed by atoms with Gasteiger partial charge in [-0.1, -0.05) is 67.1 Å². The minimum absolute atomic E-state index is 0.0670. The summed E-state index contributed by atoms with van der Waals surface area (Å²) >= 11 is 6.26. The summed E-state index contributed by atoms with van der Waals surface area (Å²) in [7, 11) is -2.83. The lowest BCUT2D eigenvalue weighted by Crippen LogP contribution is -2.53. The van der Waals surface area contributed by atoms with Crippen molar-refractivity contribution >= 4 is 39.1 Å². The van der Waals surface area contributed by atoms with Crippen molar-refractivity contribution in [2.45, 2.75) is 37.2 Å². The third-order valence-corrected chi connectivity index (χ3v) is 9.13. The number of carbonyl (C=O) groups is 2. The zero-order chi connectivity index (χ0) is 32.4. The standard InChI is InChI=1S/C34H35ClFN3O5S/c1-3-20-37-34(41)32(21-25-8-5-4-6-9-25)38(23-26-12-14-28(36)15-13-26)33(40)24-39(29-11-7-10-27(35)22-29)45(42,43)31-18-16-30(44-2)17-19-31/h4-19,22,32H,3,20-21,23-24H2,1-2H3,(H,37,41)/t32-/m1/s1. The van der Waals surface area contributed by atoms with Gasteiger partial charge in [-0.3, -0.25) is 13.9 Å². The SMILES string of the molecule is CCCNC(=O)[C@@H](Cc1ccccc1)N(Cc1ccc(F)cc1)C(=O)CN(c1cccc(Cl)c1)S(=O)(=O)c1ccc(OC)cc1. The first-order valence-electron chi connectivity index (χ1n) is 14.4. The van der Waals surface area contributed by atoms with E-state index in [4.69, 9.17) is 16.3 Å². The van der Waals surface area contributed by atoms with E-state index in [2.05, 4.69) is 5.32 Å². The summed E-state index contributed by atoms with van der Waals surface area (Å²) in [5, 5.41) is 3.17. The molecule has 0 saturated heterocycles. The smallest absolute Gasteiger partial charge is 0.264 e. The van der Waals surface area contributed by atoms with Crippen LogP contribution in [-0.2, 0) is 32.6 Å². The van der Waals surface area contributed by atoms with E-state index in [0.717, 1.165) is 9.87 Å². The molecular formula is C34H35ClFN3O5S. The fraction of sp³-hybridized carbons (Fsp3) is 0.235. The average molecular weight is 652 g/mol. The maximum atomic E-state index is 14.4. The monoisotopic (exact) mass is 651 g/mol. The van der Waals surface area contributed by atoms with Gasteiger partial charge in [0.1, 0.15) is 24.2 Å². The summed E-state index contributed by atoms with van der Waals surface area (Å²) in [6.45, 7) is 1.61. The maximum Gasteiger partial charge on any atom is 0.264 e. The number of benzene rings is 4. The highest BCUT2D eigenvalue weighted by Gasteiger charge is 2.34. The van der Waals surface area contributed by atoms with Crippen molar-refractivity contribution in [2.24, 2.45) is 0 Å². The summed E-state index contributed by atoms with van der Waals surface area (Å²) in [5.74, 6) is -1.00. The predicted molar refractivity (Wildman–Crippen MR) is 173 cm³/mol. The molecule has 0 spiro atoms. The lowest BCUT2D eigenvalue weighted by atomic mass is 10.0. The molecular weight excluding hydrogens is 617 g/mol. The number of ether oxygens (including phenoxy) is 1. The van der Waals surface area contributed by atoms with E-state index in [1.165, 1.54) is 66.6 Å². The van der Waals surface area contributed by atoms with Crippen LogP contribution in [0.2, 0.25) is 5.02 Å². The highest BCUT2D eigenvalue weighted by Crippen LogP contribution is 2.28. The van der Waals surface area contributed by atoms with Crippen molar-refractivity contribution in [3.05, 3.63) is 125 Å². The van der Waals surface area contributed by atoms with E-state index >= 15 is 0 Å². The summed E-state index contributed by atoms with van der Waals surface area (Å²) in [6.07, 6.45) is 0.851. The molecule has 2 amide bonds. The molecule has 8 nitrogen and oxygen atoms in total. The third kappa shape index (κ3) is 8.83. The molecule has 1 atom stereocenters. The zero-order valence-electron chi connectivity index (χ0n) is 25.0. The number of nitrogens with one attached hydrogen (secondary N) is 1. The Morgan fingerprint density at radius 3 is 2.22 bits per heavy atom. The second-order valence-electron chi connectivity index (χ2n) is 10.3. The molecule has 0 saturated carbocycles. The largest absolute Gasteiger partial charge is 0.497 e. The van der Waals surface area contributed by atoms with Gasteiger partial charge in [-0.05, 0) is 72.1 Å². The van der Waals surface area contributed by atoms with Gasteiger partial charge < -0.3 is 15.0 Å². The van der Waals surface area contributed by atoms with Gasteiger partial charge in [0.25, 0.3) is 10.0 Å². The second-order valence-corrected chi connectivity index (χ2v) is 12.6. The molecule has 4 aromatic carbocycles. The van der Waals surface area contributed by atoms with Gasteiger partial charge in [0, 0.05) is 24.5 Å². The van der Waals surface area contributed by atoms with Crippen molar-refractivity contribution in [1.29, 1.82) is 0 Å². The number of methoxy groups -OCH3 is 1. The molecule has 4 rings (SSSR count). The number of hydrogen-bond acceptors (Lipinski definition) is 5. The summed E-state index contributed by atoms with van der Waals surface area (Å²) < 4.78 is 48.1. The molecule has 11 heteroatoms. The molecule has 0 heterocycles. The Balaban J connectivity index is 1.79. The average Bonchev–Trinajstić information content (AvgIpc) is 3.05. The van der Waals surface area contributed by atoms with Gasteiger partial charge in [0.2, 0.25) is 11.8 Å². The molecule has 0 bridgehead atoms. The van der Waals surface area contributed by atoms with Crippen LogP contribution in [-0.4, -0.2) is 51.4 Å². The van der Waals surface area contributed by atoms with Crippen LogP contribution in [0.15, 0.2) is 108 Å². The number of amides is 2. The number of nitrogens with zero attached hydrogens (tertiary/aromatic N) is 2. The quantitative estimate of drug-likeness (QED) is 0.185. The van der Waals surface area contributed by atoms with Crippen molar-refractivity contribution in [3.8, 4) is 5.75 Å². The summed E-state index contributed by atoms with van der Waals surface area (Å²) in [5.41, 5.74) is 1.55. The van der Waals surface area contributed by atoms with Crippen LogP contribution in [0.5, 0.6) is 5.75 Å². The Kier molecular flexibility index (Phi) is 11.6. The molecule has 45 heavy (non-hydrogen) atoms. The van der Waals surface area contributed by atoms with Gasteiger partial charge in [0.15, 0.2) is 0 Å². The summed E-state index contributed by atoms with van der Waals surface area (Å²) in [6, 6.07) is 25.8. The zero-order valence-corrected chi connectivity index (χ0v) is 26.6. The number of rotatable bonds is 14. The van der Waals surface area contributed by atoms with E-state index < -0.39 is 34.3 Å². The van der Waals surface area contributed by atoms with Crippen LogP contribution < -0.4 is 14.4 Å². The Hall–Kier alpha value is -4.41. The molecule has 0 unspecified atom stereocenters. The van der Waals surface area contributed by atoms with Crippen LogP contribution in [0.4, 0.5) is 10.1 Å². The van der Waals surface area contributed by atoms with E-state index in [-0.39, 0.29) is 34.5 Å². The van der Waals surface area contributed by atoms with E-state index in [1.54, 1.807) is 18.2 Å². The van der Waals surface area contributed by atoms with Crippen LogP contribution in [0, 0.1) is 5.82 Å². The van der Waals surface area contributed by atoms with Crippen LogP contribution >= 0.6 is 11.6 Å². The molecule has 0 fully saturated rings. The number of carbonyl (C=O) groups excluding carboxylic acids is 2. The van der Waals surface area contributed by atoms with Crippen LogP contribution in [0.3, 0.4) is 0 Å². The normalized spacial score (nSPS) is 11.8. The lowest BCUT2D eigenvalue weighted by Gasteiger charge is -2.34. The van der Waals surface area contributed by atoms with Gasteiger partial charge in [-0.15, -0.1) is 0 Å². The minimum atomic E-state index is -4.30. The highest BCUT2D eigenvalue weighted by molar-refractivity contribution is 7.92. The van der Waals surface area contributed by atoms with Crippen molar-refractivity contribution in [1.82, 2.24) is 10.2 Å². The first-order valence-corrected chi connectivity index (χ1v) is 16.2. The highest BCUT2D eigenvalue weighted by atomic mass is 35.5. The fourth-order valence-corrected chi connectivity index (χ4v) is 6.33. The Morgan fingerprint density at radius 2 is 1.60 bits per heavy atom. The van der Waals surface area contributed by atoms with Crippen molar-refractivity contribution in [2.75, 3.05) is 24.5 Å². The molecule has 0 radical (unpaired) electrons. The van der Waals surface area contributed by atoms with E-state index in [9.17, 15) is 22.4 Å². The maximum absolute atomic E-state index is 14.4. The van der Waals surface area contributed by atoms with Gasteiger partial charge in [-0.25, -0.2) is 12.8 Å². The number of anilines is 1. The molecule has 4 aromatic rings. The molecule has 0 aliphatic heterocycles. The second kappa shape index (κ2) is 15.5. The first kappa shape index (κ1) is 33.5. The van der Waals surface area contributed by atoms with Crippen molar-refractivity contribution in [3.63, 3.8) is 0 Å². The third-order valence-electron chi connectivity index (χ3n) is 7.11. The molecule has 0 aromatic heterocycles. The first-order chi connectivity index (χ1) is 21.6. The number of sulfonamides is 1. The molecule has 0 aliphatic carbocycles. The molecule has 1 N–H and O–H groups in total. The summed E-state index contributed by atoms with van der Waals surface area (Å²) in [4.78, 5) is 29.3. The van der Waals surface area contributed by atoms with Crippen molar-refractivity contribution < 1.29 is 27.1 Å². The Morgan fingerprint density at radius 1 is 0.911 bits per heavy atom. The van der Waals surface area contributed by atoms with Gasteiger partial charge in [0.05, 0.1) is 17.7 Å². The fourth-order valence-electron chi connectivity index (χ4n) is 4.74. The Bertz CT molecular complexity index is 1690. The van der Waals surface area contributed by atoms with Gasteiger partial charge in [-0.2, -0.15) is 0 Å². The van der Waals surface area contributed by atoms with Crippen LogP contribution in [0.25, 0.3) is 0 Å². The lowest BCUT2D eigenvalue weighted by molar-refractivity contribution is -0.140. The van der Waals surface area contributed by atoms with Crippen LogP contribution in [0.1, 0.15) is 24.5 Å². The van der Waals surface area contributed by atoms with E-state index in [1.807, 2.05) is 37.3 Å². The Labute approximate surface area is 268 Å². The minimum Gasteiger partial charge on any atom is -0.497 e. The molecule has 0 aliphatic rings.